The Balaban J connectivity index is 1.55. The van der Waals surface area contributed by atoms with E-state index >= 15 is 0 Å². The Bertz CT molecular complexity index is 810. The number of nitrogens with zero attached hydrogens (tertiary/aromatic N) is 3. The van der Waals surface area contributed by atoms with Crippen LogP contribution in [0.25, 0.3) is 10.9 Å². The van der Waals surface area contributed by atoms with Crippen molar-refractivity contribution in [3.05, 3.63) is 23.9 Å². The molecule has 1 fully saturated rings. The number of nitrogens with one attached hydrogen (secondary N) is 1. The van der Waals surface area contributed by atoms with E-state index in [0.29, 0.717) is 12.1 Å². The molecule has 0 amide bonds. The summed E-state index contributed by atoms with van der Waals surface area (Å²) in [5.74, 6) is 1.64. The van der Waals surface area contributed by atoms with Gasteiger partial charge in [-0.25, -0.2) is 9.97 Å². The number of methoxy groups -OCH3 is 1. The highest BCUT2D eigenvalue weighted by atomic mass is 16.5. The van der Waals surface area contributed by atoms with E-state index in [-0.39, 0.29) is 0 Å². The summed E-state index contributed by atoms with van der Waals surface area (Å²) in [5.41, 5.74) is 1.38. The predicted octanol–water partition coefficient (Wildman–Crippen LogP) is 3.83. The molecule has 0 radical (unpaired) electrons. The van der Waals surface area contributed by atoms with Crippen LogP contribution in [0.5, 0.6) is 5.75 Å². The summed E-state index contributed by atoms with van der Waals surface area (Å²) in [6.07, 6.45) is 5.17. The smallest absolute Gasteiger partial charge is 0.226 e. The molecule has 0 saturated carbocycles. The maximum atomic E-state index is 9.86. The second-order valence-electron chi connectivity index (χ2n) is 9.03. The van der Waals surface area contributed by atoms with E-state index in [2.05, 4.69) is 17.1 Å². The maximum absolute atomic E-state index is 9.86. The lowest BCUT2D eigenvalue weighted by molar-refractivity contribution is 0.0673. The van der Waals surface area contributed by atoms with Gasteiger partial charge in [-0.1, -0.05) is 0 Å². The van der Waals surface area contributed by atoms with Gasteiger partial charge in [-0.3, -0.25) is 0 Å². The molecule has 1 aliphatic rings. The number of ether oxygens (including phenoxy) is 1. The fourth-order valence-electron chi connectivity index (χ4n) is 4.09. The number of aliphatic hydroxyl groups is 1. The second-order valence-corrected chi connectivity index (χ2v) is 9.03. The van der Waals surface area contributed by atoms with E-state index < -0.39 is 5.60 Å². The van der Waals surface area contributed by atoms with Gasteiger partial charge in [0.2, 0.25) is 5.95 Å². The molecule has 6 nitrogen and oxygen atoms in total. The van der Waals surface area contributed by atoms with Crippen LogP contribution in [-0.2, 0) is 0 Å². The number of hydrogen-bond acceptors (Lipinski definition) is 6. The first-order valence-electron chi connectivity index (χ1n) is 10.8. The van der Waals surface area contributed by atoms with Crippen LogP contribution in [0.2, 0.25) is 0 Å². The lowest BCUT2D eigenvalue weighted by Gasteiger charge is -2.34. The van der Waals surface area contributed by atoms with E-state index in [0.717, 1.165) is 73.5 Å². The predicted molar refractivity (Wildman–Crippen MR) is 119 cm³/mol. The topological polar surface area (TPSA) is 70.5 Å². The first-order valence-corrected chi connectivity index (χ1v) is 10.8. The number of hydrogen-bond donors (Lipinski definition) is 2. The highest BCUT2D eigenvalue weighted by molar-refractivity contribution is 5.83. The third-order valence-electron chi connectivity index (χ3n) is 5.81. The average Bonchev–Trinajstić information content (AvgIpc) is 2.67. The maximum Gasteiger partial charge on any atom is 0.226 e. The number of benzene rings is 1. The van der Waals surface area contributed by atoms with Crippen LogP contribution in [0, 0.1) is 6.92 Å². The number of fused-ring (bicyclic) bond motifs is 1. The van der Waals surface area contributed by atoms with Crippen molar-refractivity contribution in [1.29, 1.82) is 0 Å². The van der Waals surface area contributed by atoms with E-state index in [4.69, 9.17) is 14.7 Å². The Morgan fingerprint density at radius 3 is 2.66 bits per heavy atom. The summed E-state index contributed by atoms with van der Waals surface area (Å²) in [5, 5.41) is 14.7. The lowest BCUT2D eigenvalue weighted by Crippen LogP contribution is -2.46. The monoisotopic (exact) mass is 400 g/mol. The Hall–Kier alpha value is -1.92. The minimum Gasteiger partial charge on any atom is -0.497 e. The Kier molecular flexibility index (Phi) is 6.96. The van der Waals surface area contributed by atoms with E-state index in [1.54, 1.807) is 7.11 Å². The highest BCUT2D eigenvalue weighted by Crippen LogP contribution is 2.25. The molecule has 1 saturated heterocycles. The van der Waals surface area contributed by atoms with Crippen molar-refractivity contribution in [2.24, 2.45) is 0 Å². The molecule has 29 heavy (non-hydrogen) atoms. The number of rotatable bonds is 8. The largest absolute Gasteiger partial charge is 0.497 e. The molecule has 0 unspecified atom stereocenters. The molecule has 6 heteroatoms. The molecular weight excluding hydrogens is 364 g/mol. The van der Waals surface area contributed by atoms with Crippen molar-refractivity contribution < 1.29 is 9.84 Å². The van der Waals surface area contributed by atoms with Gasteiger partial charge in [0.25, 0.3) is 0 Å². The number of piperidine rings is 1. The molecule has 0 spiro atoms. The van der Waals surface area contributed by atoms with Gasteiger partial charge in [-0.05, 0) is 71.9 Å². The molecule has 160 valence electrons. The standard InChI is InChI=1S/C23H36N4O2/c1-16(7-6-12-23(3,4)28)24-18-10-13-27(14-11-18)22-25-17(2)20-9-8-19(29-5)15-21(20)26-22/h8-9,15-16,18,24,28H,6-7,10-14H2,1-5H3/t16-/m0/s1. The Labute approximate surface area is 174 Å². The van der Waals surface area contributed by atoms with Gasteiger partial charge in [-0.15, -0.1) is 0 Å². The summed E-state index contributed by atoms with van der Waals surface area (Å²) < 4.78 is 5.35. The van der Waals surface area contributed by atoms with E-state index in [1.165, 1.54) is 0 Å². The molecule has 1 aromatic carbocycles. The van der Waals surface area contributed by atoms with Gasteiger partial charge in [0.05, 0.1) is 23.9 Å². The minimum atomic E-state index is -0.562. The second kappa shape index (κ2) is 9.26. The van der Waals surface area contributed by atoms with Crippen LogP contribution in [0.1, 0.15) is 58.6 Å². The van der Waals surface area contributed by atoms with Crippen LogP contribution in [0.3, 0.4) is 0 Å². The van der Waals surface area contributed by atoms with Crippen LogP contribution in [-0.4, -0.2) is 53.0 Å². The van der Waals surface area contributed by atoms with Crippen LogP contribution in [0.15, 0.2) is 18.2 Å². The van der Waals surface area contributed by atoms with Crippen molar-refractivity contribution in [3.8, 4) is 5.75 Å². The van der Waals surface area contributed by atoms with Crippen LogP contribution >= 0.6 is 0 Å². The third-order valence-corrected chi connectivity index (χ3v) is 5.81. The lowest BCUT2D eigenvalue weighted by atomic mass is 9.98. The molecule has 2 heterocycles. The molecule has 2 aromatic rings. The molecular formula is C23H36N4O2. The van der Waals surface area contributed by atoms with Gasteiger partial charge < -0.3 is 20.1 Å². The zero-order valence-corrected chi connectivity index (χ0v) is 18.5. The molecule has 1 aliphatic heterocycles. The van der Waals surface area contributed by atoms with Gasteiger partial charge in [0.15, 0.2) is 0 Å². The minimum absolute atomic E-state index is 0.473. The zero-order chi connectivity index (χ0) is 21.0. The summed E-state index contributed by atoms with van der Waals surface area (Å²) in [4.78, 5) is 11.9. The molecule has 3 rings (SSSR count). The first kappa shape index (κ1) is 21.8. The highest BCUT2D eigenvalue weighted by Gasteiger charge is 2.23. The first-order chi connectivity index (χ1) is 13.7. The number of aromatic nitrogens is 2. The van der Waals surface area contributed by atoms with Crippen LogP contribution < -0.4 is 15.0 Å². The van der Waals surface area contributed by atoms with Crippen molar-refractivity contribution in [2.75, 3.05) is 25.1 Å². The van der Waals surface area contributed by atoms with Crippen molar-refractivity contribution >= 4 is 16.9 Å². The van der Waals surface area contributed by atoms with E-state index in [9.17, 15) is 5.11 Å². The van der Waals surface area contributed by atoms with Gasteiger partial charge in [-0.2, -0.15) is 0 Å². The van der Waals surface area contributed by atoms with Gasteiger partial charge in [0, 0.05) is 36.6 Å². The quantitative estimate of drug-likeness (QED) is 0.702. The molecule has 1 aromatic heterocycles. The number of aryl methyl sites for hydroxylation is 1. The zero-order valence-electron chi connectivity index (χ0n) is 18.5. The van der Waals surface area contributed by atoms with Gasteiger partial charge >= 0.3 is 0 Å². The van der Waals surface area contributed by atoms with Crippen molar-refractivity contribution in [3.63, 3.8) is 0 Å². The molecule has 1 atom stereocenters. The van der Waals surface area contributed by atoms with Gasteiger partial charge in [0.1, 0.15) is 5.75 Å². The fourth-order valence-corrected chi connectivity index (χ4v) is 4.09. The Morgan fingerprint density at radius 2 is 2.00 bits per heavy atom. The summed E-state index contributed by atoms with van der Waals surface area (Å²) in [6.45, 7) is 9.98. The average molecular weight is 401 g/mol. The summed E-state index contributed by atoms with van der Waals surface area (Å²) in [7, 11) is 1.68. The molecule has 2 N–H and O–H groups in total. The van der Waals surface area contributed by atoms with Crippen molar-refractivity contribution in [2.45, 2.75) is 77.5 Å². The third kappa shape index (κ3) is 6.03. The fraction of sp³-hybridized carbons (Fsp3) is 0.652. The summed E-state index contributed by atoms with van der Waals surface area (Å²) >= 11 is 0. The normalized spacial score (nSPS) is 17.0. The summed E-state index contributed by atoms with van der Waals surface area (Å²) in [6, 6.07) is 6.98. The Morgan fingerprint density at radius 1 is 1.28 bits per heavy atom. The number of anilines is 1. The molecule has 0 aliphatic carbocycles. The SMILES string of the molecule is COc1ccc2c(C)nc(N3CCC(N[C@@H](C)CCCC(C)(C)O)CC3)nc2c1. The molecule has 0 bridgehead atoms. The van der Waals surface area contributed by atoms with Crippen LogP contribution in [0.4, 0.5) is 5.95 Å². The van der Waals surface area contributed by atoms with Crippen molar-refractivity contribution in [1.82, 2.24) is 15.3 Å². The van der Waals surface area contributed by atoms with E-state index in [1.807, 2.05) is 39.0 Å².